The lowest BCUT2D eigenvalue weighted by Crippen LogP contribution is -2.44. The van der Waals surface area contributed by atoms with Gasteiger partial charge in [0.15, 0.2) is 0 Å². The highest BCUT2D eigenvalue weighted by Gasteiger charge is 2.17. The van der Waals surface area contributed by atoms with Crippen LogP contribution in [0.3, 0.4) is 0 Å². The highest BCUT2D eigenvalue weighted by atomic mass is 16.4. The number of aliphatic carboxylic acids is 1. The molecule has 76 valence electrons. The normalized spacial score (nSPS) is 12.2. The summed E-state index contributed by atoms with van der Waals surface area (Å²) in [6.07, 6.45) is 0. The Balaban J connectivity index is 2.84. The second kappa shape index (κ2) is 4.11. The standard InChI is InChI=1S/C10H14N2O2/c1-7-3-5-9(6-4-7)12(11)8(2)10(13)14/h3-6,8H,11H2,1-2H3,(H,13,14)/t8-/m0/s1. The highest BCUT2D eigenvalue weighted by molar-refractivity contribution is 5.77. The molecule has 0 aromatic heterocycles. The number of carboxylic acids is 1. The van der Waals surface area contributed by atoms with E-state index in [9.17, 15) is 4.79 Å². The molecule has 0 aliphatic carbocycles. The number of hydrogen-bond donors (Lipinski definition) is 2. The zero-order chi connectivity index (χ0) is 10.7. The van der Waals surface area contributed by atoms with E-state index < -0.39 is 12.0 Å². The van der Waals surface area contributed by atoms with Gasteiger partial charge < -0.3 is 5.11 Å². The first-order chi connectivity index (χ1) is 6.52. The summed E-state index contributed by atoms with van der Waals surface area (Å²) in [5, 5.41) is 9.98. The van der Waals surface area contributed by atoms with E-state index in [-0.39, 0.29) is 0 Å². The number of anilines is 1. The summed E-state index contributed by atoms with van der Waals surface area (Å²) in [5.41, 5.74) is 1.82. The van der Waals surface area contributed by atoms with Gasteiger partial charge in [0, 0.05) is 0 Å². The quantitative estimate of drug-likeness (QED) is 0.559. The van der Waals surface area contributed by atoms with Crippen molar-refractivity contribution in [3.63, 3.8) is 0 Å². The van der Waals surface area contributed by atoms with Crippen LogP contribution in [0.25, 0.3) is 0 Å². The van der Waals surface area contributed by atoms with Crippen molar-refractivity contribution in [1.82, 2.24) is 0 Å². The third kappa shape index (κ3) is 2.23. The summed E-state index contributed by atoms with van der Waals surface area (Å²) in [5.74, 6) is 4.71. The number of nitrogens with two attached hydrogens (primary N) is 1. The average Bonchev–Trinajstić information content (AvgIpc) is 2.16. The molecule has 1 aromatic carbocycles. The van der Waals surface area contributed by atoms with Crippen molar-refractivity contribution in [2.75, 3.05) is 5.01 Å². The third-order valence-corrected chi connectivity index (χ3v) is 2.11. The summed E-state index contributed by atoms with van der Waals surface area (Å²) in [7, 11) is 0. The summed E-state index contributed by atoms with van der Waals surface area (Å²) < 4.78 is 0. The molecule has 0 saturated heterocycles. The van der Waals surface area contributed by atoms with Gasteiger partial charge in [-0.2, -0.15) is 0 Å². The number of carbonyl (C=O) groups is 1. The smallest absolute Gasteiger partial charge is 0.327 e. The molecule has 1 aromatic rings. The van der Waals surface area contributed by atoms with Crippen LogP contribution in [0.15, 0.2) is 24.3 Å². The second-order valence-corrected chi connectivity index (χ2v) is 3.26. The van der Waals surface area contributed by atoms with Gasteiger partial charge in [-0.15, -0.1) is 0 Å². The molecule has 3 N–H and O–H groups in total. The van der Waals surface area contributed by atoms with Gasteiger partial charge in [0.25, 0.3) is 0 Å². The fourth-order valence-corrected chi connectivity index (χ4v) is 1.06. The number of rotatable bonds is 3. The minimum Gasteiger partial charge on any atom is -0.480 e. The Bertz CT molecular complexity index is 321. The van der Waals surface area contributed by atoms with Crippen LogP contribution in [0.4, 0.5) is 5.69 Å². The predicted octanol–water partition coefficient (Wildman–Crippen LogP) is 1.15. The largest absolute Gasteiger partial charge is 0.480 e. The van der Waals surface area contributed by atoms with Crippen LogP contribution >= 0.6 is 0 Å². The molecule has 4 heteroatoms. The Kier molecular flexibility index (Phi) is 3.09. The van der Waals surface area contributed by atoms with Crippen molar-refractivity contribution in [2.45, 2.75) is 19.9 Å². The van der Waals surface area contributed by atoms with Crippen LogP contribution in [0.1, 0.15) is 12.5 Å². The molecule has 0 heterocycles. The molecule has 0 bridgehead atoms. The number of nitrogens with zero attached hydrogens (tertiary/aromatic N) is 1. The summed E-state index contributed by atoms with van der Waals surface area (Å²) in [6.45, 7) is 3.51. The molecule has 14 heavy (non-hydrogen) atoms. The Labute approximate surface area is 82.9 Å². The fraction of sp³-hybridized carbons (Fsp3) is 0.300. The number of hydrogen-bond acceptors (Lipinski definition) is 3. The number of benzene rings is 1. The van der Waals surface area contributed by atoms with Gasteiger partial charge in [0.2, 0.25) is 0 Å². The van der Waals surface area contributed by atoms with Gasteiger partial charge in [-0.1, -0.05) is 17.7 Å². The average molecular weight is 194 g/mol. The molecule has 0 amide bonds. The molecule has 0 spiro atoms. The van der Waals surface area contributed by atoms with Gasteiger partial charge >= 0.3 is 5.97 Å². The molecule has 4 nitrogen and oxygen atoms in total. The SMILES string of the molecule is Cc1ccc(N(N)[C@@H](C)C(=O)O)cc1. The minimum absolute atomic E-state index is 0.700. The Morgan fingerprint density at radius 3 is 2.36 bits per heavy atom. The van der Waals surface area contributed by atoms with Gasteiger partial charge in [-0.05, 0) is 26.0 Å². The number of hydrazine groups is 1. The number of carboxylic acid groups (broad SMARTS) is 1. The molecular weight excluding hydrogens is 180 g/mol. The molecule has 0 fully saturated rings. The molecule has 0 radical (unpaired) electrons. The first-order valence-corrected chi connectivity index (χ1v) is 4.36. The van der Waals surface area contributed by atoms with Gasteiger partial charge in [0.1, 0.15) is 6.04 Å². The van der Waals surface area contributed by atoms with E-state index >= 15 is 0 Å². The lowest BCUT2D eigenvalue weighted by molar-refractivity contribution is -0.138. The molecule has 1 rings (SSSR count). The van der Waals surface area contributed by atoms with E-state index in [0.29, 0.717) is 5.69 Å². The maximum atomic E-state index is 10.7. The monoisotopic (exact) mass is 194 g/mol. The van der Waals surface area contributed by atoms with Crippen LogP contribution in [0.2, 0.25) is 0 Å². The topological polar surface area (TPSA) is 66.6 Å². The first kappa shape index (κ1) is 10.5. The van der Waals surface area contributed by atoms with Crippen molar-refractivity contribution >= 4 is 11.7 Å². The molecular formula is C10H14N2O2. The van der Waals surface area contributed by atoms with E-state index in [1.165, 1.54) is 5.01 Å². The molecule has 0 saturated carbocycles. The minimum atomic E-state index is -0.937. The van der Waals surface area contributed by atoms with Gasteiger partial charge in [-0.25, -0.2) is 10.6 Å². The van der Waals surface area contributed by atoms with E-state index in [1.54, 1.807) is 19.1 Å². The van der Waals surface area contributed by atoms with E-state index in [0.717, 1.165) is 5.56 Å². The molecule has 0 aliphatic rings. The second-order valence-electron chi connectivity index (χ2n) is 3.26. The molecule has 1 atom stereocenters. The zero-order valence-corrected chi connectivity index (χ0v) is 8.27. The summed E-state index contributed by atoms with van der Waals surface area (Å²) in [4.78, 5) is 10.7. The maximum absolute atomic E-state index is 10.7. The number of aryl methyl sites for hydroxylation is 1. The van der Waals surface area contributed by atoms with Gasteiger partial charge in [-0.3, -0.25) is 5.01 Å². The molecule has 0 unspecified atom stereocenters. The lowest BCUT2D eigenvalue weighted by Gasteiger charge is -2.22. The Morgan fingerprint density at radius 2 is 1.93 bits per heavy atom. The summed E-state index contributed by atoms with van der Waals surface area (Å²) >= 11 is 0. The fourth-order valence-electron chi connectivity index (χ4n) is 1.06. The van der Waals surface area contributed by atoms with E-state index in [4.69, 9.17) is 10.9 Å². The Morgan fingerprint density at radius 1 is 1.43 bits per heavy atom. The van der Waals surface area contributed by atoms with Crippen LogP contribution in [-0.2, 0) is 4.79 Å². The third-order valence-electron chi connectivity index (χ3n) is 2.11. The van der Waals surface area contributed by atoms with Crippen molar-refractivity contribution in [3.8, 4) is 0 Å². The maximum Gasteiger partial charge on any atom is 0.327 e. The van der Waals surface area contributed by atoms with E-state index in [2.05, 4.69) is 0 Å². The molecule has 0 aliphatic heterocycles. The summed E-state index contributed by atoms with van der Waals surface area (Å²) in [6, 6.07) is 6.66. The van der Waals surface area contributed by atoms with Crippen LogP contribution in [-0.4, -0.2) is 17.1 Å². The lowest BCUT2D eigenvalue weighted by atomic mass is 10.2. The first-order valence-electron chi connectivity index (χ1n) is 4.36. The van der Waals surface area contributed by atoms with Crippen molar-refractivity contribution in [3.05, 3.63) is 29.8 Å². The van der Waals surface area contributed by atoms with Crippen LogP contribution < -0.4 is 10.9 Å². The van der Waals surface area contributed by atoms with Crippen LogP contribution in [0.5, 0.6) is 0 Å². The predicted molar refractivity (Wildman–Crippen MR) is 54.9 cm³/mol. The van der Waals surface area contributed by atoms with Crippen molar-refractivity contribution in [2.24, 2.45) is 5.84 Å². The highest BCUT2D eigenvalue weighted by Crippen LogP contribution is 2.14. The van der Waals surface area contributed by atoms with Crippen LogP contribution in [0, 0.1) is 6.92 Å². The Hall–Kier alpha value is -1.55. The zero-order valence-electron chi connectivity index (χ0n) is 8.27. The van der Waals surface area contributed by atoms with Gasteiger partial charge in [0.05, 0.1) is 5.69 Å². The van der Waals surface area contributed by atoms with E-state index in [1.807, 2.05) is 19.1 Å². The van der Waals surface area contributed by atoms with Crippen molar-refractivity contribution in [1.29, 1.82) is 0 Å². The van der Waals surface area contributed by atoms with Crippen molar-refractivity contribution < 1.29 is 9.90 Å².